The summed E-state index contributed by atoms with van der Waals surface area (Å²) in [6.07, 6.45) is 6.12. The Hall–Kier alpha value is 0.793. The van der Waals surface area contributed by atoms with Gasteiger partial charge >= 0.3 is 0 Å². The fraction of sp³-hybridized carbons (Fsp3) is 0.929. The molecule has 2 atom stereocenters. The van der Waals surface area contributed by atoms with E-state index in [4.69, 9.17) is 14.2 Å². The molecule has 1 radical (unpaired) electrons. The van der Waals surface area contributed by atoms with Crippen LogP contribution in [0.4, 0.5) is 0 Å². The van der Waals surface area contributed by atoms with Crippen LogP contribution >= 0.6 is 0 Å². The van der Waals surface area contributed by atoms with Crippen LogP contribution in [0.15, 0.2) is 0 Å². The standard InChI is InChI=1S/C14H23O3.ClH.Zn/c1-13(2)16-8-14(9-17-13)6-10-4-12(15-3)5-11(10)7-14;;/h10-11H,4-9H2,1-3H3;1H;/p-1/t10-,11-;;/m0../s1. The van der Waals surface area contributed by atoms with Gasteiger partial charge in [-0.1, -0.05) is 0 Å². The Labute approximate surface area is 135 Å². The topological polar surface area (TPSA) is 27.7 Å². The van der Waals surface area contributed by atoms with Gasteiger partial charge in [0.1, 0.15) is 0 Å². The summed E-state index contributed by atoms with van der Waals surface area (Å²) in [7, 11) is 1.81. The zero-order valence-corrected chi connectivity index (χ0v) is 15.9. The summed E-state index contributed by atoms with van der Waals surface area (Å²) in [6, 6.07) is 0. The van der Waals surface area contributed by atoms with Crippen LogP contribution in [0.1, 0.15) is 39.5 Å². The van der Waals surface area contributed by atoms with Crippen molar-refractivity contribution in [1.82, 2.24) is 0 Å². The van der Waals surface area contributed by atoms with Crippen molar-refractivity contribution in [2.24, 2.45) is 17.3 Å². The number of fused-ring (bicyclic) bond motifs is 1. The van der Waals surface area contributed by atoms with Gasteiger partial charge in [-0.3, -0.25) is 0 Å². The number of rotatable bonds is 1. The van der Waals surface area contributed by atoms with Crippen LogP contribution in [0.25, 0.3) is 0 Å². The van der Waals surface area contributed by atoms with E-state index in [9.17, 15) is 0 Å². The molecule has 0 aromatic rings. The summed E-state index contributed by atoms with van der Waals surface area (Å²) in [4.78, 5) is 0. The normalized spacial score (nSPS) is 35.5. The van der Waals surface area contributed by atoms with Crippen LogP contribution in [0.3, 0.4) is 0 Å². The summed E-state index contributed by atoms with van der Waals surface area (Å²) in [5.74, 6) is 1.23. The minimum absolute atomic E-state index is 0. The quantitative estimate of drug-likeness (QED) is 0.617. The van der Waals surface area contributed by atoms with E-state index in [1.165, 1.54) is 18.9 Å². The van der Waals surface area contributed by atoms with Crippen molar-refractivity contribution in [2.45, 2.75) is 45.3 Å². The minimum Gasteiger partial charge on any atom is -1.00 e. The molecular formula is C14H23ClO3Zn-. The molecule has 107 valence electrons. The van der Waals surface area contributed by atoms with Crippen LogP contribution in [-0.2, 0) is 33.7 Å². The smallest absolute Gasteiger partial charge is 0.162 e. The van der Waals surface area contributed by atoms with Crippen LogP contribution in [0, 0.1) is 23.4 Å². The Bertz CT molecular complexity index is 285. The molecule has 3 rings (SSSR count). The predicted molar refractivity (Wildman–Crippen MR) is 64.1 cm³/mol. The number of hydrogen-bond donors (Lipinski definition) is 0. The summed E-state index contributed by atoms with van der Waals surface area (Å²) in [5.41, 5.74) is 0.296. The predicted octanol–water partition coefficient (Wildman–Crippen LogP) is -0.244. The van der Waals surface area contributed by atoms with Gasteiger partial charge in [0.15, 0.2) is 5.79 Å². The largest absolute Gasteiger partial charge is 1.00 e. The molecule has 1 saturated heterocycles. The van der Waals surface area contributed by atoms with Gasteiger partial charge in [-0.15, -0.1) is 0 Å². The molecule has 5 heteroatoms. The molecule has 19 heavy (non-hydrogen) atoms. The Kier molecular flexibility index (Phi) is 5.89. The van der Waals surface area contributed by atoms with E-state index in [2.05, 4.69) is 0 Å². The van der Waals surface area contributed by atoms with E-state index >= 15 is 0 Å². The maximum absolute atomic E-state index is 5.86. The zero-order chi connectivity index (χ0) is 12.1. The minimum atomic E-state index is -0.382. The van der Waals surface area contributed by atoms with Gasteiger partial charge in [0.25, 0.3) is 0 Å². The van der Waals surface area contributed by atoms with E-state index in [1.807, 2.05) is 21.0 Å². The second kappa shape index (κ2) is 6.27. The van der Waals surface area contributed by atoms with Crippen molar-refractivity contribution >= 4 is 0 Å². The molecule has 0 bridgehead atoms. The van der Waals surface area contributed by atoms with Crippen molar-refractivity contribution in [2.75, 3.05) is 20.3 Å². The van der Waals surface area contributed by atoms with Gasteiger partial charge < -0.3 is 26.6 Å². The van der Waals surface area contributed by atoms with Gasteiger partial charge in [0.05, 0.1) is 19.3 Å². The van der Waals surface area contributed by atoms with Crippen molar-refractivity contribution in [1.29, 1.82) is 0 Å². The van der Waals surface area contributed by atoms with E-state index in [0.29, 0.717) is 5.41 Å². The van der Waals surface area contributed by atoms with E-state index in [1.54, 1.807) is 0 Å². The Morgan fingerprint density at radius 2 is 1.53 bits per heavy atom. The molecule has 3 nitrogen and oxygen atoms in total. The molecular weight excluding hydrogens is 317 g/mol. The first-order valence-electron chi connectivity index (χ1n) is 6.69. The monoisotopic (exact) mass is 338 g/mol. The van der Waals surface area contributed by atoms with Crippen LogP contribution in [0.5, 0.6) is 0 Å². The van der Waals surface area contributed by atoms with Crippen LogP contribution < -0.4 is 12.4 Å². The molecule has 0 N–H and O–H groups in total. The Morgan fingerprint density at radius 1 is 1.05 bits per heavy atom. The van der Waals surface area contributed by atoms with Gasteiger partial charge in [0, 0.05) is 32.0 Å². The molecule has 0 amide bonds. The molecule has 2 saturated carbocycles. The number of halogens is 1. The third-order valence-corrected chi connectivity index (χ3v) is 4.78. The zero-order valence-electron chi connectivity index (χ0n) is 12.2. The van der Waals surface area contributed by atoms with Gasteiger partial charge in [-0.05, 0) is 51.4 Å². The molecule has 3 aliphatic rings. The van der Waals surface area contributed by atoms with Crippen LogP contribution in [0.2, 0.25) is 0 Å². The molecule has 1 spiro atoms. The molecule has 0 unspecified atom stereocenters. The second-order valence-electron chi connectivity index (χ2n) is 6.56. The van der Waals surface area contributed by atoms with Crippen molar-refractivity contribution in [3.63, 3.8) is 0 Å². The van der Waals surface area contributed by atoms with E-state index < -0.39 is 0 Å². The summed E-state index contributed by atoms with van der Waals surface area (Å²) >= 11 is 0. The average molecular weight is 340 g/mol. The third-order valence-electron chi connectivity index (χ3n) is 4.78. The first-order valence-corrected chi connectivity index (χ1v) is 6.69. The summed E-state index contributed by atoms with van der Waals surface area (Å²) in [5, 5.41) is 0. The SMILES string of the molecule is CO[C]1C[C@H]2CC3(COC(C)(C)OC3)C[C@@H]2C1.[Cl-].[Zn]. The van der Waals surface area contributed by atoms with Gasteiger partial charge in [-0.25, -0.2) is 0 Å². The van der Waals surface area contributed by atoms with E-state index in [0.717, 1.165) is 37.9 Å². The molecule has 3 fully saturated rings. The molecule has 2 aliphatic carbocycles. The first-order chi connectivity index (χ1) is 8.02. The number of methoxy groups -OCH3 is 1. The Balaban J connectivity index is 0.000000902. The average Bonchev–Trinajstić information content (AvgIpc) is 2.78. The maximum atomic E-state index is 5.86. The molecule has 1 heterocycles. The fourth-order valence-corrected chi connectivity index (χ4v) is 3.81. The Morgan fingerprint density at radius 3 is 1.95 bits per heavy atom. The number of ether oxygens (including phenoxy) is 3. The number of hydrogen-bond acceptors (Lipinski definition) is 3. The first kappa shape index (κ1) is 17.8. The summed E-state index contributed by atoms with van der Waals surface area (Å²) in [6.45, 7) is 5.75. The summed E-state index contributed by atoms with van der Waals surface area (Å²) < 4.78 is 17.1. The molecule has 0 aromatic heterocycles. The van der Waals surface area contributed by atoms with Crippen molar-refractivity contribution in [3.05, 3.63) is 6.10 Å². The maximum Gasteiger partial charge on any atom is 0.162 e. The molecule has 1 aliphatic heterocycles. The second-order valence-corrected chi connectivity index (χ2v) is 6.56. The van der Waals surface area contributed by atoms with Gasteiger partial charge in [-0.2, -0.15) is 0 Å². The van der Waals surface area contributed by atoms with Crippen LogP contribution in [-0.4, -0.2) is 26.1 Å². The van der Waals surface area contributed by atoms with E-state index in [-0.39, 0.29) is 37.7 Å². The third kappa shape index (κ3) is 3.52. The molecule has 0 aromatic carbocycles. The fourth-order valence-electron chi connectivity index (χ4n) is 3.81. The van der Waals surface area contributed by atoms with Crippen molar-refractivity contribution in [3.8, 4) is 0 Å². The van der Waals surface area contributed by atoms with Gasteiger partial charge in [0.2, 0.25) is 0 Å². The van der Waals surface area contributed by atoms with Crippen molar-refractivity contribution < 1.29 is 46.1 Å².